The Morgan fingerprint density at radius 2 is 0.520 bits per heavy atom. The fraction of sp³-hybridized carbons (Fsp3) is 0.489. The highest BCUT2D eigenvalue weighted by atomic mass is 79.9. The van der Waals surface area contributed by atoms with E-state index in [0.29, 0.717) is 0 Å². The van der Waals surface area contributed by atoms with E-state index in [1.54, 1.807) is 0 Å². The van der Waals surface area contributed by atoms with Gasteiger partial charge in [-0.1, -0.05) is 224 Å². The maximum atomic E-state index is 2.64. The van der Waals surface area contributed by atoms with E-state index in [1.165, 1.54) is 237 Å². The van der Waals surface area contributed by atoms with Crippen molar-refractivity contribution in [2.75, 3.05) is 82.6 Å². The lowest BCUT2D eigenvalue weighted by Crippen LogP contribution is -2.41. The van der Waals surface area contributed by atoms with E-state index in [0.717, 1.165) is 69.8 Å². The summed E-state index contributed by atoms with van der Waals surface area (Å²) in [6, 6.07) is 59.5. The lowest BCUT2D eigenvalue weighted by molar-refractivity contribution is 0.416. The second-order valence-electron chi connectivity index (χ2n) is 32.3. The summed E-state index contributed by atoms with van der Waals surface area (Å²) in [5, 5.41) is 0. The molecule has 0 spiro atoms. The molecule has 0 bridgehead atoms. The molecule has 0 amide bonds. The molecular weight excluding hydrogens is 1500 g/mol. The average molecular weight is 1640 g/mol. The first kappa shape index (κ1) is 88.2. The molecule has 8 aromatic carbocycles. The second kappa shape index (κ2) is 38.4. The second-order valence-corrected chi connectivity index (χ2v) is 32.3. The Morgan fingerprint density at radius 1 is 0.245 bits per heavy atom. The number of quaternary nitrogens is 4. The summed E-state index contributed by atoms with van der Waals surface area (Å²) in [6.45, 7) is 31.9. The third-order valence-corrected chi connectivity index (χ3v) is 24.0. The van der Waals surface area contributed by atoms with Crippen LogP contribution < -0.4 is 17.9 Å². The monoisotopic (exact) mass is 1640 g/mol. The third-order valence-electron chi connectivity index (χ3n) is 24.0. The van der Waals surface area contributed by atoms with Gasteiger partial charge in [0.05, 0.1) is 93.4 Å². The topological polar surface area (TPSA) is 0 Å². The molecule has 2 aliphatic carbocycles. The number of hydrogen-bond acceptors (Lipinski definition) is 0. The van der Waals surface area contributed by atoms with Gasteiger partial charge >= 0.3 is 0 Å². The van der Waals surface area contributed by atoms with Gasteiger partial charge in [0, 0.05) is 23.3 Å². The maximum absolute atomic E-state index is 2.64. The van der Waals surface area contributed by atoms with E-state index in [4.69, 9.17) is 0 Å². The number of nitrogens with zero attached hydrogens (tertiary/aromatic N) is 4. The van der Waals surface area contributed by atoms with Gasteiger partial charge in [-0.15, -0.1) is 67.9 Å². The quantitative estimate of drug-likeness (QED) is 0.0291. The van der Waals surface area contributed by atoms with Crippen molar-refractivity contribution in [3.05, 3.63) is 235 Å². The Hall–Kier alpha value is -4.48. The molecule has 0 radical (unpaired) electrons. The lowest BCUT2D eigenvalue weighted by atomic mass is 9.64. The molecule has 556 valence electrons. The Kier molecular flexibility index (Phi) is 33.2. The van der Waals surface area contributed by atoms with Crippen molar-refractivity contribution in [1.29, 1.82) is 0 Å². The molecule has 0 aromatic heterocycles. The van der Waals surface area contributed by atoms with E-state index in [9.17, 15) is 0 Å². The fourth-order valence-electron chi connectivity index (χ4n) is 16.6. The van der Waals surface area contributed by atoms with Crippen LogP contribution >= 0.6 is 67.9 Å². The zero-order valence-corrected chi connectivity index (χ0v) is 74.1. The van der Waals surface area contributed by atoms with Gasteiger partial charge < -0.3 is 0 Å². The number of aryl methyl sites for hydroxylation is 8. The molecule has 8 aromatic rings. The highest BCUT2D eigenvalue weighted by Gasteiger charge is 2.50. The van der Waals surface area contributed by atoms with Crippen LogP contribution in [-0.4, -0.2) is 82.6 Å². The largest absolute Gasteiger partial charge is 0.296 e. The minimum absolute atomic E-state index is 0. The minimum Gasteiger partial charge on any atom is -0.296 e. The van der Waals surface area contributed by atoms with Crippen molar-refractivity contribution in [3.63, 3.8) is 0 Å². The van der Waals surface area contributed by atoms with Crippen LogP contribution in [-0.2, 0) is 36.5 Å². The number of hydrogen-bond donors (Lipinski definition) is 0. The van der Waals surface area contributed by atoms with Crippen molar-refractivity contribution in [2.45, 2.75) is 222 Å². The SMILES string of the molecule is Br.Br.Br.Br.CCCCCCc1cc(C2(c3ccc([N+](C)(C)CC)c(CCCCCC)c3)c3cc(C)ccc3-c3ccc(C)cc32)ccc1[N+](C)(C)CC.CCCCCCc1cc([N+](C)(C)CC)ccc1C1(c2ccc([N+](C)(C)CC)cc2CCCCCC)c2cc(C)ccc2-c2ccc(C)cc21. The summed E-state index contributed by atoms with van der Waals surface area (Å²) in [7, 11) is 19.0. The first-order chi connectivity index (χ1) is 46.9. The molecule has 0 saturated carbocycles. The summed E-state index contributed by atoms with van der Waals surface area (Å²) >= 11 is 0. The van der Waals surface area contributed by atoms with Gasteiger partial charge in [0.15, 0.2) is 0 Å². The van der Waals surface area contributed by atoms with Crippen LogP contribution in [0, 0.1) is 27.7 Å². The zero-order valence-electron chi connectivity index (χ0n) is 67.2. The van der Waals surface area contributed by atoms with Gasteiger partial charge in [0.1, 0.15) is 22.7 Å². The highest BCUT2D eigenvalue weighted by molar-refractivity contribution is 8.93. The molecule has 0 N–H and O–H groups in total. The predicted octanol–water partition coefficient (Wildman–Crippen LogP) is 26.5. The first-order valence-electron chi connectivity index (χ1n) is 39.2. The van der Waals surface area contributed by atoms with Crippen molar-refractivity contribution >= 4 is 90.7 Å². The number of halogens is 4. The Labute approximate surface area is 665 Å². The number of benzene rings is 8. The van der Waals surface area contributed by atoms with Gasteiger partial charge in [-0.25, -0.2) is 0 Å². The maximum Gasteiger partial charge on any atom is 0.135 e. The van der Waals surface area contributed by atoms with E-state index in [-0.39, 0.29) is 78.8 Å². The fourth-order valence-corrected chi connectivity index (χ4v) is 16.6. The van der Waals surface area contributed by atoms with Crippen LogP contribution in [0.25, 0.3) is 22.3 Å². The van der Waals surface area contributed by atoms with E-state index in [1.807, 2.05) is 0 Å². The highest BCUT2D eigenvalue weighted by Crippen LogP contribution is 2.60. The molecule has 4 nitrogen and oxygen atoms in total. The standard InChI is InChI=1S/2C47H66N2.4BrH/c1-11-15-17-19-21-37-33-39(25-29-45(37)48(7,8)13-3)47(43-31-35(5)23-27-41(43)42-28-24-36(6)32-44(42)47)40-26-30-46(49(9,10)14-4)38(34-40)22-20-18-16-12-2;1-11-15-17-19-21-37-33-39(48(7,8)13-3)25-29-43(37)47(45-31-35(5)23-27-41(45)42-28-24-36(6)32-46(42)47)44-30-26-40(49(9,10)14-4)34-38(44)22-20-18-16-12-2;;;;/h2*23-34H,11-22H2,1-10H3;4*1H/q2*+2;;;;. The average Bonchev–Trinajstić information content (AvgIpc) is 1.51. The molecule has 102 heavy (non-hydrogen) atoms. The Bertz CT molecular complexity index is 3760. The smallest absolute Gasteiger partial charge is 0.135 e. The van der Waals surface area contributed by atoms with Gasteiger partial charge in [0.25, 0.3) is 0 Å². The molecule has 2 aliphatic rings. The third kappa shape index (κ3) is 18.4. The number of unbranched alkanes of at least 4 members (excludes halogenated alkanes) is 12. The van der Waals surface area contributed by atoms with E-state index >= 15 is 0 Å². The van der Waals surface area contributed by atoms with Crippen LogP contribution in [0.15, 0.2) is 146 Å². The van der Waals surface area contributed by atoms with Crippen LogP contribution in [0.4, 0.5) is 22.7 Å². The van der Waals surface area contributed by atoms with Crippen LogP contribution in [0.2, 0.25) is 0 Å². The molecule has 0 atom stereocenters. The molecule has 0 saturated heterocycles. The van der Waals surface area contributed by atoms with Crippen molar-refractivity contribution < 1.29 is 0 Å². The summed E-state index contributed by atoms with van der Waals surface area (Å²) in [5.41, 5.74) is 33.6. The van der Waals surface area contributed by atoms with Crippen molar-refractivity contribution in [3.8, 4) is 22.3 Å². The van der Waals surface area contributed by atoms with Gasteiger partial charge in [-0.2, -0.15) is 0 Å². The minimum atomic E-state index is -0.386. The summed E-state index contributed by atoms with van der Waals surface area (Å²) in [5.74, 6) is 0. The van der Waals surface area contributed by atoms with Gasteiger partial charge in [0.2, 0.25) is 0 Å². The van der Waals surface area contributed by atoms with E-state index in [2.05, 4.69) is 285 Å². The summed E-state index contributed by atoms with van der Waals surface area (Å²) < 4.78 is 3.59. The normalized spacial score (nSPS) is 13.3. The Morgan fingerprint density at radius 3 is 0.794 bits per heavy atom. The molecule has 10 rings (SSSR count). The lowest BCUT2D eigenvalue weighted by Gasteiger charge is -2.39. The molecule has 8 heteroatoms. The molecular formula is C94H136Br4N4+4. The van der Waals surface area contributed by atoms with Gasteiger partial charge in [-0.05, 0) is 221 Å². The van der Waals surface area contributed by atoms with Crippen LogP contribution in [0.3, 0.4) is 0 Å². The Balaban J connectivity index is 0.000000353. The summed E-state index contributed by atoms with van der Waals surface area (Å²) in [4.78, 5) is 0. The molecule has 0 fully saturated rings. The van der Waals surface area contributed by atoms with Crippen LogP contribution in [0.5, 0.6) is 0 Å². The van der Waals surface area contributed by atoms with Crippen molar-refractivity contribution in [1.82, 2.24) is 17.9 Å². The number of rotatable bonds is 32. The number of fused-ring (bicyclic) bond motifs is 6. The van der Waals surface area contributed by atoms with Crippen LogP contribution in [0.1, 0.15) is 247 Å². The molecule has 0 aliphatic heterocycles. The predicted molar refractivity (Wildman–Crippen MR) is 476 cm³/mol. The summed E-state index contributed by atoms with van der Waals surface area (Å²) in [6.07, 6.45) is 24.9. The zero-order chi connectivity index (χ0) is 70.8. The molecule has 0 unspecified atom stereocenters. The van der Waals surface area contributed by atoms with Crippen molar-refractivity contribution in [2.24, 2.45) is 0 Å². The first-order valence-corrected chi connectivity index (χ1v) is 39.2. The van der Waals surface area contributed by atoms with Gasteiger partial charge in [-0.3, -0.25) is 17.9 Å². The van der Waals surface area contributed by atoms with E-state index < -0.39 is 0 Å². The molecule has 0 heterocycles.